The van der Waals surface area contributed by atoms with Crippen LogP contribution in [0, 0.1) is 17.3 Å². The highest BCUT2D eigenvalue weighted by Crippen LogP contribution is 2.27. The second-order valence-electron chi connectivity index (χ2n) is 12.0. The predicted octanol–water partition coefficient (Wildman–Crippen LogP) is 6.36. The van der Waals surface area contributed by atoms with E-state index in [1.54, 1.807) is 0 Å². The fourth-order valence-electron chi connectivity index (χ4n) is 4.72. The lowest BCUT2D eigenvalue weighted by atomic mass is 9.88. The maximum absolute atomic E-state index is 6.39. The van der Waals surface area contributed by atoms with Crippen molar-refractivity contribution in [3.05, 3.63) is 29.8 Å². The van der Waals surface area contributed by atoms with Crippen LogP contribution in [0.5, 0.6) is 0 Å². The molecule has 0 unspecified atom stereocenters. The van der Waals surface area contributed by atoms with E-state index in [1.165, 1.54) is 56.4 Å². The van der Waals surface area contributed by atoms with Crippen LogP contribution in [-0.4, -0.2) is 43.2 Å². The van der Waals surface area contributed by atoms with E-state index in [0.29, 0.717) is 23.4 Å². The van der Waals surface area contributed by atoms with Gasteiger partial charge in [0.1, 0.15) is 0 Å². The Morgan fingerprint density at radius 2 is 1.61 bits per heavy atom. The zero-order valence-corrected chi connectivity index (χ0v) is 21.7. The van der Waals surface area contributed by atoms with Crippen molar-refractivity contribution in [3.8, 4) is 0 Å². The summed E-state index contributed by atoms with van der Waals surface area (Å²) in [6, 6.07) is 10.4. The summed E-state index contributed by atoms with van der Waals surface area (Å²) in [6.07, 6.45) is 7.29. The first-order chi connectivity index (χ1) is 14.5. The van der Waals surface area contributed by atoms with Gasteiger partial charge in [0, 0.05) is 44.0 Å². The normalized spacial score (nSPS) is 17.5. The van der Waals surface area contributed by atoms with Crippen LogP contribution >= 0.6 is 0 Å². The molecule has 1 atom stereocenters. The number of anilines is 1. The minimum atomic E-state index is 0.314. The highest BCUT2D eigenvalue weighted by molar-refractivity contribution is 5.49. The molecule has 1 heterocycles. The van der Waals surface area contributed by atoms with Crippen LogP contribution in [0.2, 0.25) is 0 Å². The Bertz CT molecular complexity index is 606. The molecule has 31 heavy (non-hydrogen) atoms. The Labute approximate surface area is 193 Å². The molecule has 2 rings (SSSR count). The molecule has 0 aliphatic carbocycles. The van der Waals surface area contributed by atoms with E-state index in [9.17, 15) is 0 Å². The fraction of sp³-hybridized carbons (Fsp3) is 0.786. The lowest BCUT2D eigenvalue weighted by molar-refractivity contribution is 0.191. The lowest BCUT2D eigenvalue weighted by Crippen LogP contribution is -2.48. The van der Waals surface area contributed by atoms with Crippen LogP contribution in [0.4, 0.5) is 5.69 Å². The SMILES string of the molecule is CC(C)CCN(c1ccc(CCC(C)(C)C)cc1)C1CCN(C[C@@H](N)CC(C)C)CC1. The molecule has 1 aromatic rings. The van der Waals surface area contributed by atoms with Gasteiger partial charge in [-0.15, -0.1) is 0 Å². The van der Waals surface area contributed by atoms with Crippen LogP contribution < -0.4 is 10.6 Å². The molecular formula is C28H51N3. The number of rotatable bonds is 11. The first-order valence-electron chi connectivity index (χ1n) is 12.9. The zero-order chi connectivity index (χ0) is 23.0. The highest BCUT2D eigenvalue weighted by Gasteiger charge is 2.26. The van der Waals surface area contributed by atoms with Gasteiger partial charge in [-0.3, -0.25) is 0 Å². The van der Waals surface area contributed by atoms with Crippen molar-refractivity contribution >= 4 is 5.69 Å². The van der Waals surface area contributed by atoms with Crippen LogP contribution in [0.3, 0.4) is 0 Å². The molecule has 0 amide bonds. The van der Waals surface area contributed by atoms with E-state index in [1.807, 2.05) is 0 Å². The Kier molecular flexibility index (Phi) is 10.4. The van der Waals surface area contributed by atoms with E-state index in [2.05, 4.69) is 82.5 Å². The van der Waals surface area contributed by atoms with E-state index in [-0.39, 0.29) is 0 Å². The van der Waals surface area contributed by atoms with E-state index < -0.39 is 0 Å². The molecule has 0 spiro atoms. The minimum absolute atomic E-state index is 0.314. The molecule has 0 radical (unpaired) electrons. The van der Waals surface area contributed by atoms with Gasteiger partial charge in [-0.05, 0) is 73.5 Å². The number of nitrogens with two attached hydrogens (primary N) is 1. The molecule has 3 heteroatoms. The summed E-state index contributed by atoms with van der Waals surface area (Å²) in [4.78, 5) is 5.30. The average Bonchev–Trinajstić information content (AvgIpc) is 2.67. The number of aryl methyl sites for hydroxylation is 1. The van der Waals surface area contributed by atoms with Crippen LogP contribution in [0.1, 0.15) is 86.1 Å². The van der Waals surface area contributed by atoms with E-state index >= 15 is 0 Å². The first kappa shape index (κ1) is 26.2. The third-order valence-electron chi connectivity index (χ3n) is 6.64. The van der Waals surface area contributed by atoms with Gasteiger partial charge in [-0.1, -0.05) is 60.6 Å². The molecule has 2 N–H and O–H groups in total. The van der Waals surface area contributed by atoms with Gasteiger partial charge < -0.3 is 15.5 Å². The molecule has 1 aliphatic rings. The number of likely N-dealkylation sites (tertiary alicyclic amines) is 1. The van der Waals surface area contributed by atoms with Crippen molar-refractivity contribution in [2.75, 3.05) is 31.1 Å². The number of benzene rings is 1. The third-order valence-corrected chi connectivity index (χ3v) is 6.64. The summed E-state index contributed by atoms with van der Waals surface area (Å²) >= 11 is 0. The van der Waals surface area contributed by atoms with Gasteiger partial charge in [-0.2, -0.15) is 0 Å². The van der Waals surface area contributed by atoms with Crippen molar-refractivity contribution in [2.45, 2.75) is 99.1 Å². The third kappa shape index (κ3) is 9.95. The summed E-state index contributed by atoms with van der Waals surface area (Å²) in [6.45, 7) is 20.8. The second kappa shape index (κ2) is 12.3. The van der Waals surface area contributed by atoms with Gasteiger partial charge in [-0.25, -0.2) is 0 Å². The molecule has 178 valence electrons. The summed E-state index contributed by atoms with van der Waals surface area (Å²) < 4.78 is 0. The van der Waals surface area contributed by atoms with Gasteiger partial charge in [0.25, 0.3) is 0 Å². The molecule has 1 aromatic carbocycles. The maximum atomic E-state index is 6.39. The van der Waals surface area contributed by atoms with Crippen molar-refractivity contribution in [3.63, 3.8) is 0 Å². The van der Waals surface area contributed by atoms with Gasteiger partial charge in [0.2, 0.25) is 0 Å². The van der Waals surface area contributed by atoms with Gasteiger partial charge in [0.05, 0.1) is 0 Å². The van der Waals surface area contributed by atoms with Crippen molar-refractivity contribution in [1.29, 1.82) is 0 Å². The summed E-state index contributed by atoms with van der Waals surface area (Å²) in [5.74, 6) is 1.42. The summed E-state index contributed by atoms with van der Waals surface area (Å²) in [7, 11) is 0. The van der Waals surface area contributed by atoms with Gasteiger partial charge in [0.15, 0.2) is 0 Å². The van der Waals surface area contributed by atoms with Crippen LogP contribution in [-0.2, 0) is 6.42 Å². The smallest absolute Gasteiger partial charge is 0.0368 e. The van der Waals surface area contributed by atoms with E-state index in [4.69, 9.17) is 5.73 Å². The monoisotopic (exact) mass is 429 g/mol. The Morgan fingerprint density at radius 3 is 2.13 bits per heavy atom. The zero-order valence-electron chi connectivity index (χ0n) is 21.7. The first-order valence-corrected chi connectivity index (χ1v) is 12.9. The largest absolute Gasteiger partial charge is 0.368 e. The van der Waals surface area contributed by atoms with Crippen LogP contribution in [0.25, 0.3) is 0 Å². The van der Waals surface area contributed by atoms with E-state index in [0.717, 1.165) is 25.4 Å². The molecule has 0 aromatic heterocycles. The van der Waals surface area contributed by atoms with Crippen LogP contribution in [0.15, 0.2) is 24.3 Å². The minimum Gasteiger partial charge on any atom is -0.368 e. The Morgan fingerprint density at radius 1 is 1.00 bits per heavy atom. The molecule has 0 bridgehead atoms. The summed E-state index contributed by atoms with van der Waals surface area (Å²) in [5.41, 5.74) is 9.66. The van der Waals surface area contributed by atoms with Gasteiger partial charge >= 0.3 is 0 Å². The molecule has 0 saturated carbocycles. The molecular weight excluding hydrogens is 378 g/mol. The predicted molar refractivity (Wildman–Crippen MR) is 138 cm³/mol. The Hall–Kier alpha value is -1.06. The molecule has 1 aliphatic heterocycles. The molecule has 3 nitrogen and oxygen atoms in total. The topological polar surface area (TPSA) is 32.5 Å². The average molecular weight is 430 g/mol. The Balaban J connectivity index is 1.97. The molecule has 1 fully saturated rings. The summed E-state index contributed by atoms with van der Waals surface area (Å²) in [5, 5.41) is 0. The van der Waals surface area contributed by atoms with Crippen molar-refractivity contribution in [2.24, 2.45) is 23.0 Å². The second-order valence-corrected chi connectivity index (χ2v) is 12.0. The number of nitrogens with zero attached hydrogens (tertiary/aromatic N) is 2. The molecule has 1 saturated heterocycles. The number of hydrogen-bond donors (Lipinski definition) is 1. The standard InChI is InChI=1S/C28H51N3/c1-22(2)13-19-31(26-10-8-24(9-11-26)12-16-28(5,6)7)27-14-17-30(18-15-27)21-25(29)20-23(3)4/h8-11,22-23,25,27H,12-21,29H2,1-7H3/t25-/m0/s1. The fourth-order valence-corrected chi connectivity index (χ4v) is 4.72. The number of hydrogen-bond acceptors (Lipinski definition) is 3. The number of piperidine rings is 1. The lowest BCUT2D eigenvalue weighted by Gasteiger charge is -2.41. The maximum Gasteiger partial charge on any atom is 0.0368 e. The highest BCUT2D eigenvalue weighted by atomic mass is 15.2. The van der Waals surface area contributed by atoms with Crippen molar-refractivity contribution < 1.29 is 0 Å². The quantitative estimate of drug-likeness (QED) is 0.444. The van der Waals surface area contributed by atoms with Crippen molar-refractivity contribution in [1.82, 2.24) is 4.90 Å².